The van der Waals surface area contributed by atoms with Crippen LogP contribution in [0.1, 0.15) is 26.3 Å². The van der Waals surface area contributed by atoms with Gasteiger partial charge in [-0.15, -0.1) is 6.58 Å². The van der Waals surface area contributed by atoms with Crippen molar-refractivity contribution in [1.82, 2.24) is 0 Å². The van der Waals surface area contributed by atoms with E-state index < -0.39 is 11.9 Å². The third-order valence-corrected chi connectivity index (χ3v) is 3.53. The minimum absolute atomic E-state index is 0.0355. The van der Waals surface area contributed by atoms with Gasteiger partial charge < -0.3 is 14.2 Å². The summed E-state index contributed by atoms with van der Waals surface area (Å²) in [6.45, 7) is 9.44. The average Bonchev–Trinajstić information content (AvgIpc) is 2.83. The summed E-state index contributed by atoms with van der Waals surface area (Å²) < 4.78 is 17.8. The Bertz CT molecular complexity index is 562. The molecule has 1 aromatic rings. The molecule has 0 aromatic heterocycles. The number of hydrogen-bond donors (Lipinski definition) is 0. The van der Waals surface area contributed by atoms with E-state index >= 15 is 0 Å². The van der Waals surface area contributed by atoms with Gasteiger partial charge in [0.25, 0.3) is 0 Å². The van der Waals surface area contributed by atoms with E-state index in [0.717, 1.165) is 5.56 Å². The van der Waals surface area contributed by atoms with Crippen molar-refractivity contribution in [2.24, 2.45) is 0 Å². The lowest BCUT2D eigenvalue weighted by Gasteiger charge is -2.23. The smallest absolute Gasteiger partial charge is 0.164 e. The quantitative estimate of drug-likeness (QED) is 0.571. The summed E-state index contributed by atoms with van der Waals surface area (Å²) in [6.07, 6.45) is 3.91. The van der Waals surface area contributed by atoms with E-state index in [4.69, 9.17) is 14.2 Å². The zero-order valence-corrected chi connectivity index (χ0v) is 13.9. The Labute approximate surface area is 137 Å². The zero-order valence-electron chi connectivity index (χ0n) is 13.9. The highest BCUT2D eigenvalue weighted by Crippen LogP contribution is 2.32. The van der Waals surface area contributed by atoms with Gasteiger partial charge in [-0.25, -0.2) is 0 Å². The molecule has 2 rings (SSSR count). The molecular formula is C19H24O4. The van der Waals surface area contributed by atoms with Crippen LogP contribution in [0.3, 0.4) is 0 Å². The number of ether oxygens (including phenoxy) is 3. The Hall–Kier alpha value is -1.75. The zero-order chi connectivity index (χ0) is 16.9. The highest BCUT2D eigenvalue weighted by atomic mass is 16.8. The lowest BCUT2D eigenvalue weighted by Crippen LogP contribution is -2.35. The topological polar surface area (TPSA) is 44.8 Å². The van der Waals surface area contributed by atoms with Gasteiger partial charge in [0.2, 0.25) is 0 Å². The van der Waals surface area contributed by atoms with E-state index in [1.807, 2.05) is 44.2 Å². The Kier molecular flexibility index (Phi) is 5.88. The lowest BCUT2D eigenvalue weighted by molar-refractivity contribution is -0.154. The lowest BCUT2D eigenvalue weighted by atomic mass is 10.1. The molecule has 0 unspecified atom stereocenters. The van der Waals surface area contributed by atoms with E-state index in [0.29, 0.717) is 6.61 Å². The van der Waals surface area contributed by atoms with Crippen molar-refractivity contribution in [2.75, 3.05) is 0 Å². The van der Waals surface area contributed by atoms with Gasteiger partial charge in [0.15, 0.2) is 11.6 Å². The van der Waals surface area contributed by atoms with Crippen LogP contribution < -0.4 is 0 Å². The van der Waals surface area contributed by atoms with Crippen LogP contribution in [0, 0.1) is 0 Å². The molecule has 1 fully saturated rings. The summed E-state index contributed by atoms with van der Waals surface area (Å²) >= 11 is 0. The Morgan fingerprint density at radius 3 is 2.65 bits per heavy atom. The molecule has 0 bridgehead atoms. The highest BCUT2D eigenvalue weighted by molar-refractivity contribution is 5.87. The molecule has 0 amide bonds. The van der Waals surface area contributed by atoms with Crippen LogP contribution >= 0.6 is 0 Å². The summed E-state index contributed by atoms with van der Waals surface area (Å²) in [5.74, 6) is -0.742. The predicted octanol–water partition coefficient (Wildman–Crippen LogP) is 3.42. The molecule has 1 saturated heterocycles. The Morgan fingerprint density at radius 1 is 1.35 bits per heavy atom. The minimum Gasteiger partial charge on any atom is -0.367 e. The molecule has 124 valence electrons. The van der Waals surface area contributed by atoms with Crippen molar-refractivity contribution >= 4 is 5.78 Å². The molecule has 23 heavy (non-hydrogen) atoms. The molecule has 4 nitrogen and oxygen atoms in total. The number of rotatable bonds is 7. The molecule has 0 saturated carbocycles. The summed E-state index contributed by atoms with van der Waals surface area (Å²) in [5.41, 5.74) is 1.06. The van der Waals surface area contributed by atoms with Gasteiger partial charge in [-0.3, -0.25) is 4.79 Å². The van der Waals surface area contributed by atoms with Crippen LogP contribution in [0.15, 0.2) is 55.1 Å². The van der Waals surface area contributed by atoms with Crippen LogP contribution in [-0.2, 0) is 25.6 Å². The van der Waals surface area contributed by atoms with Crippen molar-refractivity contribution in [3.63, 3.8) is 0 Å². The number of carbonyl (C=O) groups excluding carboxylic acids is 1. The first-order chi connectivity index (χ1) is 10.9. The molecule has 0 N–H and O–H groups in total. The van der Waals surface area contributed by atoms with Gasteiger partial charge in [-0.05, 0) is 38.5 Å². The summed E-state index contributed by atoms with van der Waals surface area (Å²) in [5, 5.41) is 0. The largest absolute Gasteiger partial charge is 0.367 e. The molecule has 1 heterocycles. The van der Waals surface area contributed by atoms with Crippen LogP contribution in [0.5, 0.6) is 0 Å². The highest BCUT2D eigenvalue weighted by Gasteiger charge is 2.43. The monoisotopic (exact) mass is 316 g/mol. The first-order valence-electron chi connectivity index (χ1n) is 7.74. The van der Waals surface area contributed by atoms with Crippen LogP contribution in [0.2, 0.25) is 0 Å². The maximum Gasteiger partial charge on any atom is 0.164 e. The number of allylic oxidation sites excluding steroid dienone is 1. The fourth-order valence-electron chi connectivity index (χ4n) is 2.51. The SMILES string of the molecule is C=C[C@H]1OC(C)(C)O[C@@H]1[C@@H](/C=C\C(C)=O)OCc1ccccc1. The number of benzene rings is 1. The van der Waals surface area contributed by atoms with E-state index in [2.05, 4.69) is 6.58 Å². The molecule has 1 aliphatic rings. The number of hydrogen-bond acceptors (Lipinski definition) is 4. The second kappa shape index (κ2) is 7.68. The van der Waals surface area contributed by atoms with Gasteiger partial charge in [-0.1, -0.05) is 36.4 Å². The molecule has 1 aromatic carbocycles. The van der Waals surface area contributed by atoms with Crippen LogP contribution in [0.25, 0.3) is 0 Å². The standard InChI is InChI=1S/C19H24O4/c1-5-16-18(23-19(3,4)22-16)17(12-11-14(2)20)21-13-15-9-7-6-8-10-15/h5-12,16-18H,1,13H2,2-4H3/b12-11-/t16-,17-,18+/m1/s1. The molecule has 4 heteroatoms. The van der Waals surface area contributed by atoms with Crippen molar-refractivity contribution in [3.8, 4) is 0 Å². The van der Waals surface area contributed by atoms with Gasteiger partial charge in [0.1, 0.15) is 18.3 Å². The number of carbonyl (C=O) groups is 1. The average molecular weight is 316 g/mol. The molecular weight excluding hydrogens is 292 g/mol. The molecule has 1 aliphatic heterocycles. The van der Waals surface area contributed by atoms with Gasteiger partial charge in [0.05, 0.1) is 6.61 Å². The van der Waals surface area contributed by atoms with E-state index in [1.54, 1.807) is 12.2 Å². The molecule has 0 radical (unpaired) electrons. The second-order valence-electron chi connectivity index (χ2n) is 6.03. The Morgan fingerprint density at radius 2 is 2.04 bits per heavy atom. The number of ketones is 1. The summed E-state index contributed by atoms with van der Waals surface area (Å²) in [4.78, 5) is 11.3. The first-order valence-corrected chi connectivity index (χ1v) is 7.74. The molecule has 0 spiro atoms. The third kappa shape index (κ3) is 5.13. The molecule has 0 aliphatic carbocycles. The maximum atomic E-state index is 11.3. The van der Waals surface area contributed by atoms with Crippen molar-refractivity contribution < 1.29 is 19.0 Å². The first kappa shape index (κ1) is 17.6. The summed E-state index contributed by atoms with van der Waals surface area (Å²) in [7, 11) is 0. The Balaban J connectivity index is 2.13. The fourth-order valence-corrected chi connectivity index (χ4v) is 2.51. The van der Waals surface area contributed by atoms with Gasteiger partial charge >= 0.3 is 0 Å². The van der Waals surface area contributed by atoms with Gasteiger partial charge in [-0.2, -0.15) is 0 Å². The van der Waals surface area contributed by atoms with E-state index in [9.17, 15) is 4.79 Å². The maximum absolute atomic E-state index is 11.3. The van der Waals surface area contributed by atoms with Crippen LogP contribution in [0.4, 0.5) is 0 Å². The minimum atomic E-state index is -0.706. The fraction of sp³-hybridized carbons (Fsp3) is 0.421. The third-order valence-electron chi connectivity index (χ3n) is 3.53. The van der Waals surface area contributed by atoms with Crippen molar-refractivity contribution in [2.45, 2.75) is 51.5 Å². The van der Waals surface area contributed by atoms with E-state index in [-0.39, 0.29) is 18.0 Å². The predicted molar refractivity (Wildman–Crippen MR) is 88.9 cm³/mol. The summed E-state index contributed by atoms with van der Waals surface area (Å²) in [6, 6.07) is 9.87. The normalized spacial score (nSPS) is 24.7. The van der Waals surface area contributed by atoms with Crippen molar-refractivity contribution in [3.05, 3.63) is 60.7 Å². The molecule has 3 atom stereocenters. The van der Waals surface area contributed by atoms with Crippen LogP contribution in [-0.4, -0.2) is 29.9 Å². The van der Waals surface area contributed by atoms with Crippen molar-refractivity contribution in [1.29, 1.82) is 0 Å². The second-order valence-corrected chi connectivity index (χ2v) is 6.03. The van der Waals surface area contributed by atoms with E-state index in [1.165, 1.54) is 13.0 Å². The van der Waals surface area contributed by atoms with Gasteiger partial charge in [0, 0.05) is 0 Å².